The topological polar surface area (TPSA) is 92.4 Å². The van der Waals surface area contributed by atoms with Gasteiger partial charge in [-0.15, -0.1) is 0 Å². The largest absolute Gasteiger partial charge is 0.478 e. The average molecular weight is 258 g/mol. The molecular weight excluding hydrogens is 244 g/mol. The summed E-state index contributed by atoms with van der Waals surface area (Å²) in [4.78, 5) is 22.8. The quantitative estimate of drug-likeness (QED) is 0.783. The molecule has 2 aromatic carbocycles. The Kier molecular flexibility index (Phi) is 3.48. The molecule has 0 fully saturated rings. The van der Waals surface area contributed by atoms with Gasteiger partial charge in [-0.1, -0.05) is 24.3 Å². The number of carboxylic acids is 1. The number of rotatable bonds is 3. The van der Waals surface area contributed by atoms with Gasteiger partial charge in [0.1, 0.15) is 0 Å². The fraction of sp³-hybridized carbons (Fsp3) is 0.143. The first-order valence-electron chi connectivity index (χ1n) is 5.81. The first-order valence-corrected chi connectivity index (χ1v) is 5.81. The molecule has 0 aliphatic heterocycles. The molecule has 0 radical (unpaired) electrons. The van der Waals surface area contributed by atoms with Gasteiger partial charge in [0, 0.05) is 0 Å². The van der Waals surface area contributed by atoms with Gasteiger partial charge >= 0.3 is 5.97 Å². The molecule has 0 bridgehead atoms. The fourth-order valence-electron chi connectivity index (χ4n) is 1.77. The van der Waals surface area contributed by atoms with Crippen molar-refractivity contribution in [2.45, 2.75) is 13.0 Å². The van der Waals surface area contributed by atoms with Crippen LogP contribution >= 0.6 is 0 Å². The lowest BCUT2D eigenvalue weighted by atomic mass is 10.0. The highest BCUT2D eigenvalue weighted by Crippen LogP contribution is 2.24. The van der Waals surface area contributed by atoms with E-state index in [4.69, 9.17) is 5.73 Å². The van der Waals surface area contributed by atoms with E-state index in [0.29, 0.717) is 0 Å². The van der Waals surface area contributed by atoms with Gasteiger partial charge in [-0.05, 0) is 29.8 Å². The first-order chi connectivity index (χ1) is 8.99. The van der Waals surface area contributed by atoms with E-state index < -0.39 is 17.9 Å². The van der Waals surface area contributed by atoms with Crippen LogP contribution in [0, 0.1) is 0 Å². The van der Waals surface area contributed by atoms with Crippen LogP contribution in [-0.4, -0.2) is 23.0 Å². The van der Waals surface area contributed by atoms with Crippen LogP contribution in [0.25, 0.3) is 10.8 Å². The Morgan fingerprint density at radius 2 is 1.79 bits per heavy atom. The maximum atomic E-state index is 11.6. The lowest BCUT2D eigenvalue weighted by Crippen LogP contribution is -2.33. The van der Waals surface area contributed by atoms with Gasteiger partial charge in [-0.2, -0.15) is 0 Å². The zero-order chi connectivity index (χ0) is 14.0. The molecule has 98 valence electrons. The SMILES string of the molecule is CC(N)C(=O)Nc1cc2ccccc2cc1C(=O)O. The summed E-state index contributed by atoms with van der Waals surface area (Å²) >= 11 is 0. The molecule has 0 aliphatic carbocycles. The number of carboxylic acid groups (broad SMARTS) is 1. The third-order valence-electron chi connectivity index (χ3n) is 2.79. The Labute approximate surface area is 110 Å². The fourth-order valence-corrected chi connectivity index (χ4v) is 1.77. The maximum absolute atomic E-state index is 11.6. The second-order valence-electron chi connectivity index (χ2n) is 4.33. The second-order valence-corrected chi connectivity index (χ2v) is 4.33. The summed E-state index contributed by atoms with van der Waals surface area (Å²) < 4.78 is 0. The highest BCUT2D eigenvalue weighted by Gasteiger charge is 2.15. The number of nitrogens with two attached hydrogens (primary N) is 1. The van der Waals surface area contributed by atoms with Crippen LogP contribution in [0.2, 0.25) is 0 Å². The standard InChI is InChI=1S/C14H14N2O3/c1-8(15)13(17)16-12-7-10-5-3-2-4-9(10)6-11(12)14(18)19/h2-8H,15H2,1H3,(H,16,17)(H,18,19). The minimum atomic E-state index is -1.09. The Morgan fingerprint density at radius 3 is 2.32 bits per heavy atom. The molecule has 0 aromatic heterocycles. The molecule has 0 spiro atoms. The predicted octanol–water partition coefficient (Wildman–Crippen LogP) is 1.82. The molecule has 0 saturated heterocycles. The summed E-state index contributed by atoms with van der Waals surface area (Å²) in [5.74, 6) is -1.51. The van der Waals surface area contributed by atoms with Crippen molar-refractivity contribution in [3.63, 3.8) is 0 Å². The minimum absolute atomic E-state index is 0.0488. The number of anilines is 1. The normalized spacial score (nSPS) is 12.1. The number of carbonyl (C=O) groups is 2. The highest BCUT2D eigenvalue weighted by molar-refractivity contribution is 6.06. The average Bonchev–Trinajstić information content (AvgIpc) is 2.37. The zero-order valence-electron chi connectivity index (χ0n) is 10.4. The van der Waals surface area contributed by atoms with E-state index in [2.05, 4.69) is 5.32 Å². The molecule has 19 heavy (non-hydrogen) atoms. The predicted molar refractivity (Wildman–Crippen MR) is 73.2 cm³/mol. The summed E-state index contributed by atoms with van der Waals surface area (Å²) in [5, 5.41) is 13.4. The van der Waals surface area contributed by atoms with E-state index in [0.717, 1.165) is 10.8 Å². The van der Waals surface area contributed by atoms with Gasteiger partial charge in [-0.25, -0.2) is 4.79 Å². The van der Waals surface area contributed by atoms with E-state index in [1.165, 1.54) is 13.0 Å². The Bertz CT molecular complexity index is 650. The van der Waals surface area contributed by atoms with Crippen molar-refractivity contribution in [1.82, 2.24) is 0 Å². The Balaban J connectivity index is 2.53. The lowest BCUT2D eigenvalue weighted by Gasteiger charge is -2.11. The molecular formula is C14H14N2O3. The molecule has 0 heterocycles. The van der Waals surface area contributed by atoms with Crippen LogP contribution in [0.5, 0.6) is 0 Å². The van der Waals surface area contributed by atoms with Crippen molar-refractivity contribution in [3.05, 3.63) is 42.0 Å². The summed E-state index contributed by atoms with van der Waals surface area (Å²) in [5.41, 5.74) is 5.77. The van der Waals surface area contributed by atoms with Gasteiger partial charge in [-0.3, -0.25) is 4.79 Å². The van der Waals surface area contributed by atoms with Crippen LogP contribution in [0.3, 0.4) is 0 Å². The summed E-state index contributed by atoms with van der Waals surface area (Å²) in [7, 11) is 0. The lowest BCUT2D eigenvalue weighted by molar-refractivity contribution is -0.117. The minimum Gasteiger partial charge on any atom is -0.478 e. The third-order valence-corrected chi connectivity index (χ3v) is 2.79. The van der Waals surface area contributed by atoms with Crippen LogP contribution in [0.1, 0.15) is 17.3 Å². The van der Waals surface area contributed by atoms with Crippen molar-refractivity contribution in [3.8, 4) is 0 Å². The van der Waals surface area contributed by atoms with E-state index in [9.17, 15) is 14.7 Å². The van der Waals surface area contributed by atoms with Crippen LogP contribution in [0.15, 0.2) is 36.4 Å². The molecule has 5 heteroatoms. The van der Waals surface area contributed by atoms with Gasteiger partial charge in [0.25, 0.3) is 0 Å². The number of aromatic carboxylic acids is 1. The molecule has 0 aliphatic rings. The van der Waals surface area contributed by atoms with Gasteiger partial charge < -0.3 is 16.2 Å². The molecule has 2 aromatic rings. The van der Waals surface area contributed by atoms with E-state index in [1.54, 1.807) is 6.07 Å². The monoisotopic (exact) mass is 258 g/mol. The first kappa shape index (κ1) is 13.0. The van der Waals surface area contributed by atoms with Gasteiger partial charge in [0.2, 0.25) is 5.91 Å². The molecule has 5 nitrogen and oxygen atoms in total. The number of hydrogen-bond donors (Lipinski definition) is 3. The summed E-state index contributed by atoms with van der Waals surface area (Å²) in [6.07, 6.45) is 0. The van der Waals surface area contributed by atoms with E-state index in [-0.39, 0.29) is 11.3 Å². The number of benzene rings is 2. The van der Waals surface area contributed by atoms with Gasteiger partial charge in [0.05, 0.1) is 17.3 Å². The number of hydrogen-bond acceptors (Lipinski definition) is 3. The molecule has 1 unspecified atom stereocenters. The van der Waals surface area contributed by atoms with E-state index in [1.807, 2.05) is 24.3 Å². The third kappa shape index (κ3) is 2.71. The smallest absolute Gasteiger partial charge is 0.337 e. The number of amides is 1. The van der Waals surface area contributed by atoms with Crippen molar-refractivity contribution >= 4 is 28.3 Å². The molecule has 1 amide bonds. The van der Waals surface area contributed by atoms with Gasteiger partial charge in [0.15, 0.2) is 0 Å². The second kappa shape index (κ2) is 5.07. The van der Waals surface area contributed by atoms with Crippen molar-refractivity contribution in [1.29, 1.82) is 0 Å². The number of fused-ring (bicyclic) bond motifs is 1. The van der Waals surface area contributed by atoms with Crippen molar-refractivity contribution in [2.24, 2.45) is 5.73 Å². The number of nitrogens with one attached hydrogen (secondary N) is 1. The van der Waals surface area contributed by atoms with Crippen molar-refractivity contribution in [2.75, 3.05) is 5.32 Å². The van der Waals surface area contributed by atoms with Crippen LogP contribution in [-0.2, 0) is 4.79 Å². The Hall–Kier alpha value is -2.40. The van der Waals surface area contributed by atoms with Crippen LogP contribution < -0.4 is 11.1 Å². The summed E-state index contributed by atoms with van der Waals surface area (Å²) in [6.45, 7) is 1.54. The zero-order valence-corrected chi connectivity index (χ0v) is 10.4. The Morgan fingerprint density at radius 1 is 1.21 bits per heavy atom. The van der Waals surface area contributed by atoms with E-state index >= 15 is 0 Å². The number of carbonyl (C=O) groups excluding carboxylic acids is 1. The molecule has 1 atom stereocenters. The van der Waals surface area contributed by atoms with Crippen LogP contribution in [0.4, 0.5) is 5.69 Å². The highest BCUT2D eigenvalue weighted by atomic mass is 16.4. The molecule has 2 rings (SSSR count). The molecule has 0 saturated carbocycles. The summed E-state index contributed by atoms with van der Waals surface area (Å²) in [6, 6.07) is 9.82. The molecule has 4 N–H and O–H groups in total. The van der Waals surface area contributed by atoms with Crippen molar-refractivity contribution < 1.29 is 14.7 Å². The maximum Gasteiger partial charge on any atom is 0.337 e.